The zero-order chi connectivity index (χ0) is 24.9. The fourth-order valence-electron chi connectivity index (χ4n) is 4.32. The number of hydrogen-bond donors (Lipinski definition) is 2. The second kappa shape index (κ2) is 14.1. The van der Waals surface area contributed by atoms with Crippen LogP contribution in [0.5, 0.6) is 11.5 Å². The van der Waals surface area contributed by atoms with Crippen LogP contribution in [0.1, 0.15) is 54.4 Å². The van der Waals surface area contributed by atoms with Gasteiger partial charge in [0.15, 0.2) is 11.5 Å². The van der Waals surface area contributed by atoms with E-state index in [0.29, 0.717) is 30.0 Å². The summed E-state index contributed by atoms with van der Waals surface area (Å²) in [6.07, 6.45) is 7.32. The van der Waals surface area contributed by atoms with Gasteiger partial charge in [0.05, 0.1) is 26.5 Å². The summed E-state index contributed by atoms with van der Waals surface area (Å²) in [6.45, 7) is 2.41. The van der Waals surface area contributed by atoms with Gasteiger partial charge in [-0.15, -0.1) is 0 Å². The quantitative estimate of drug-likeness (QED) is 0.275. The predicted molar refractivity (Wildman–Crippen MR) is 137 cm³/mol. The number of para-hydroxylation sites is 1. The number of hydrazone groups is 1. The first-order chi connectivity index (χ1) is 17.1. The van der Waals surface area contributed by atoms with Crippen molar-refractivity contribution >= 4 is 18.0 Å². The molecule has 8 heteroatoms. The Kier molecular flexibility index (Phi) is 10.6. The van der Waals surface area contributed by atoms with Gasteiger partial charge in [-0.2, -0.15) is 5.10 Å². The summed E-state index contributed by atoms with van der Waals surface area (Å²) in [7, 11) is 3.15. The van der Waals surface area contributed by atoms with Crippen LogP contribution in [0, 0.1) is 0 Å². The summed E-state index contributed by atoms with van der Waals surface area (Å²) in [5, 5.41) is 7.15. The molecule has 0 aliphatic carbocycles. The van der Waals surface area contributed by atoms with Crippen molar-refractivity contribution in [3.63, 3.8) is 0 Å². The zero-order valence-corrected chi connectivity index (χ0v) is 20.7. The smallest absolute Gasteiger partial charge is 0.257 e. The highest BCUT2D eigenvalue weighted by Gasteiger charge is 2.26. The van der Waals surface area contributed by atoms with Crippen LogP contribution < -0.4 is 20.2 Å². The van der Waals surface area contributed by atoms with E-state index >= 15 is 0 Å². The van der Waals surface area contributed by atoms with Gasteiger partial charge in [-0.3, -0.25) is 14.5 Å². The molecule has 2 aromatic carbocycles. The molecular weight excluding hydrogens is 444 g/mol. The molecule has 35 heavy (non-hydrogen) atoms. The molecule has 2 aromatic rings. The minimum absolute atomic E-state index is 0.0711. The zero-order valence-electron chi connectivity index (χ0n) is 20.7. The molecular formula is C27H36N4O4. The van der Waals surface area contributed by atoms with Crippen molar-refractivity contribution in [2.45, 2.75) is 44.6 Å². The van der Waals surface area contributed by atoms with Crippen molar-refractivity contribution in [1.82, 2.24) is 15.6 Å². The molecule has 0 unspecified atom stereocenters. The van der Waals surface area contributed by atoms with E-state index in [1.807, 2.05) is 36.4 Å². The van der Waals surface area contributed by atoms with E-state index < -0.39 is 0 Å². The molecule has 0 bridgehead atoms. The maximum Gasteiger partial charge on any atom is 0.257 e. The number of nitrogens with one attached hydrogen (secondary N) is 2. The number of carbonyl (C=O) groups is 2. The first-order valence-corrected chi connectivity index (χ1v) is 12.2. The summed E-state index contributed by atoms with van der Waals surface area (Å²) in [6, 6.07) is 14.4. The highest BCUT2D eigenvalue weighted by Crippen LogP contribution is 2.29. The third-order valence-electron chi connectivity index (χ3n) is 6.17. The standard InChI is InChI=1S/C27H36N4O4/c1-34-24-16-11-14-22(25(24)35-2)20-29-30-27(33)23(31-18-9-4-10-19-31)15-7-8-17-28-26(32)21-12-5-3-6-13-21/h3,5-6,11-14,16,20,23H,4,7-10,15,17-19H2,1-2H3,(H,28,32)(H,30,33)/b29-20+/t23-/m1/s1. The molecule has 0 spiro atoms. The van der Waals surface area contributed by atoms with Gasteiger partial charge in [-0.05, 0) is 69.5 Å². The van der Waals surface area contributed by atoms with E-state index in [1.54, 1.807) is 32.6 Å². The normalized spacial score (nSPS) is 14.9. The summed E-state index contributed by atoms with van der Waals surface area (Å²) in [4.78, 5) is 27.5. The second-order valence-corrected chi connectivity index (χ2v) is 8.55. The molecule has 1 aliphatic heterocycles. The van der Waals surface area contributed by atoms with E-state index in [4.69, 9.17) is 9.47 Å². The lowest BCUT2D eigenvalue weighted by Crippen LogP contribution is -2.47. The molecule has 1 fully saturated rings. The van der Waals surface area contributed by atoms with E-state index in [-0.39, 0.29) is 17.9 Å². The first-order valence-electron chi connectivity index (χ1n) is 12.2. The fourth-order valence-corrected chi connectivity index (χ4v) is 4.32. The highest BCUT2D eigenvalue weighted by molar-refractivity contribution is 5.94. The van der Waals surface area contributed by atoms with Crippen molar-refractivity contribution in [2.24, 2.45) is 5.10 Å². The number of hydrogen-bond acceptors (Lipinski definition) is 6. The molecule has 1 atom stereocenters. The average molecular weight is 481 g/mol. The van der Waals surface area contributed by atoms with Gasteiger partial charge in [0, 0.05) is 17.7 Å². The number of unbranched alkanes of at least 4 members (excludes halogenated alkanes) is 1. The van der Waals surface area contributed by atoms with Crippen LogP contribution in [0.15, 0.2) is 53.6 Å². The van der Waals surface area contributed by atoms with E-state index in [2.05, 4.69) is 20.7 Å². The second-order valence-electron chi connectivity index (χ2n) is 8.55. The van der Waals surface area contributed by atoms with Crippen molar-refractivity contribution in [1.29, 1.82) is 0 Å². The molecule has 8 nitrogen and oxygen atoms in total. The van der Waals surface area contributed by atoms with Gasteiger partial charge in [0.1, 0.15) is 0 Å². The molecule has 0 saturated carbocycles. The maximum atomic E-state index is 13.1. The summed E-state index contributed by atoms with van der Waals surface area (Å²) < 4.78 is 10.7. The van der Waals surface area contributed by atoms with Crippen molar-refractivity contribution < 1.29 is 19.1 Å². The molecule has 2 N–H and O–H groups in total. The highest BCUT2D eigenvalue weighted by atomic mass is 16.5. The van der Waals surface area contributed by atoms with Crippen LogP contribution in [-0.2, 0) is 4.79 Å². The van der Waals surface area contributed by atoms with Crippen molar-refractivity contribution in [2.75, 3.05) is 33.9 Å². The molecule has 1 heterocycles. The topological polar surface area (TPSA) is 92.3 Å². The minimum Gasteiger partial charge on any atom is -0.493 e. The minimum atomic E-state index is -0.246. The van der Waals surface area contributed by atoms with Crippen LogP contribution in [0.4, 0.5) is 0 Å². The average Bonchev–Trinajstić information content (AvgIpc) is 2.91. The number of rotatable bonds is 12. The number of piperidine rings is 1. The Morgan fingerprint density at radius 2 is 1.77 bits per heavy atom. The van der Waals surface area contributed by atoms with Crippen molar-refractivity contribution in [3.8, 4) is 11.5 Å². The van der Waals surface area contributed by atoms with Gasteiger partial charge in [-0.25, -0.2) is 5.43 Å². The molecule has 0 radical (unpaired) electrons. The van der Waals surface area contributed by atoms with Gasteiger partial charge < -0.3 is 14.8 Å². The number of likely N-dealkylation sites (tertiary alicyclic amines) is 1. The fraction of sp³-hybridized carbons (Fsp3) is 0.444. The third-order valence-corrected chi connectivity index (χ3v) is 6.17. The molecule has 1 aliphatic rings. The summed E-state index contributed by atoms with van der Waals surface area (Å²) >= 11 is 0. The van der Waals surface area contributed by atoms with Gasteiger partial charge in [-0.1, -0.05) is 30.7 Å². The largest absolute Gasteiger partial charge is 0.493 e. The van der Waals surface area contributed by atoms with Gasteiger partial charge >= 0.3 is 0 Å². The number of methoxy groups -OCH3 is 2. The Balaban J connectivity index is 1.53. The lowest BCUT2D eigenvalue weighted by atomic mass is 10.0. The van der Waals surface area contributed by atoms with Crippen molar-refractivity contribution in [3.05, 3.63) is 59.7 Å². The number of ether oxygens (including phenoxy) is 2. The van der Waals surface area contributed by atoms with Crippen LogP contribution in [0.3, 0.4) is 0 Å². The van der Waals surface area contributed by atoms with Crippen LogP contribution in [0.2, 0.25) is 0 Å². The molecule has 3 rings (SSSR count). The van der Waals surface area contributed by atoms with Gasteiger partial charge in [0.2, 0.25) is 0 Å². The number of benzene rings is 2. The third kappa shape index (κ3) is 7.82. The van der Waals surface area contributed by atoms with Crippen LogP contribution in [0.25, 0.3) is 0 Å². The maximum absolute atomic E-state index is 13.1. The number of carbonyl (C=O) groups excluding carboxylic acids is 2. The Morgan fingerprint density at radius 3 is 2.49 bits per heavy atom. The monoisotopic (exact) mass is 480 g/mol. The molecule has 1 saturated heterocycles. The molecule has 2 amide bonds. The Hall–Kier alpha value is -3.39. The Labute approximate surface area is 207 Å². The van der Waals surface area contributed by atoms with E-state index in [0.717, 1.165) is 44.3 Å². The lowest BCUT2D eigenvalue weighted by molar-refractivity contribution is -0.127. The lowest BCUT2D eigenvalue weighted by Gasteiger charge is -2.33. The van der Waals surface area contributed by atoms with E-state index in [9.17, 15) is 9.59 Å². The van der Waals surface area contributed by atoms with E-state index in [1.165, 1.54) is 6.42 Å². The first kappa shape index (κ1) is 26.2. The number of amides is 2. The summed E-state index contributed by atoms with van der Waals surface area (Å²) in [5.74, 6) is 0.989. The predicted octanol–water partition coefficient (Wildman–Crippen LogP) is 3.61. The number of nitrogens with zero attached hydrogens (tertiary/aromatic N) is 2. The van der Waals surface area contributed by atoms with Gasteiger partial charge in [0.25, 0.3) is 11.8 Å². The summed E-state index contributed by atoms with van der Waals surface area (Å²) in [5.41, 5.74) is 4.10. The Bertz CT molecular complexity index is 974. The van der Waals surface area contributed by atoms with Crippen LogP contribution >= 0.6 is 0 Å². The molecule has 0 aromatic heterocycles. The van der Waals surface area contributed by atoms with Crippen LogP contribution in [-0.4, -0.2) is 62.8 Å². The molecule has 188 valence electrons. The Morgan fingerprint density at radius 1 is 1.00 bits per heavy atom. The SMILES string of the molecule is COc1cccc(/C=N/NC(=O)[C@@H](CCCCNC(=O)c2ccccc2)N2CCCCC2)c1OC.